The van der Waals surface area contributed by atoms with Crippen LogP contribution in [0.15, 0.2) is 12.1 Å². The summed E-state index contributed by atoms with van der Waals surface area (Å²) in [5.74, 6) is 1.80. The molecule has 0 radical (unpaired) electrons. The standard InChI is InChI=1S/C31H50O4S2/c1-5-7-9-11-13-15-19-32-21-31(22-33-20-16-14-12-10-8-6-2)23-34-28-26(4)37-30(29(28)35-24-31)27-18-17-25(3)36-27/h17-18H,5-16,19-24H2,1-4H3. The topological polar surface area (TPSA) is 36.9 Å². The van der Waals surface area contributed by atoms with E-state index in [0.717, 1.165) is 37.6 Å². The maximum Gasteiger partial charge on any atom is 0.180 e. The second kappa shape index (κ2) is 16.8. The van der Waals surface area contributed by atoms with Gasteiger partial charge in [0.15, 0.2) is 11.5 Å². The van der Waals surface area contributed by atoms with Gasteiger partial charge in [0, 0.05) is 27.8 Å². The Morgan fingerprint density at radius 2 is 1.24 bits per heavy atom. The summed E-state index contributed by atoms with van der Waals surface area (Å²) in [6, 6.07) is 4.37. The van der Waals surface area contributed by atoms with E-state index in [2.05, 4.69) is 39.8 Å². The molecule has 0 unspecified atom stereocenters. The molecule has 37 heavy (non-hydrogen) atoms. The number of hydrogen-bond donors (Lipinski definition) is 0. The minimum absolute atomic E-state index is 0.295. The molecule has 0 aliphatic carbocycles. The van der Waals surface area contributed by atoms with Crippen molar-refractivity contribution in [1.82, 2.24) is 0 Å². The van der Waals surface area contributed by atoms with Crippen LogP contribution in [0, 0.1) is 19.3 Å². The molecule has 0 aromatic carbocycles. The average Bonchev–Trinajstić information content (AvgIpc) is 3.40. The van der Waals surface area contributed by atoms with Gasteiger partial charge in [0.1, 0.15) is 13.2 Å². The van der Waals surface area contributed by atoms with Gasteiger partial charge in [0.25, 0.3) is 0 Å². The van der Waals surface area contributed by atoms with Crippen LogP contribution in [0.5, 0.6) is 11.5 Å². The summed E-state index contributed by atoms with van der Waals surface area (Å²) in [7, 11) is 0. The number of aryl methyl sites for hydroxylation is 2. The van der Waals surface area contributed by atoms with Crippen LogP contribution in [0.1, 0.15) is 101 Å². The van der Waals surface area contributed by atoms with E-state index in [4.69, 9.17) is 18.9 Å². The summed E-state index contributed by atoms with van der Waals surface area (Å²) < 4.78 is 25.5. The third kappa shape index (κ3) is 9.87. The average molecular weight is 551 g/mol. The minimum Gasteiger partial charge on any atom is -0.488 e. The van der Waals surface area contributed by atoms with Crippen LogP contribution in [0.25, 0.3) is 9.75 Å². The van der Waals surface area contributed by atoms with E-state index in [0.29, 0.717) is 26.4 Å². The molecule has 1 aliphatic heterocycles. The van der Waals surface area contributed by atoms with E-state index in [-0.39, 0.29) is 5.41 Å². The summed E-state index contributed by atoms with van der Waals surface area (Å²) in [4.78, 5) is 4.92. The lowest BCUT2D eigenvalue weighted by atomic mass is 9.92. The normalized spacial score (nSPS) is 14.7. The van der Waals surface area contributed by atoms with Crippen LogP contribution in [0.4, 0.5) is 0 Å². The molecule has 0 fully saturated rings. The van der Waals surface area contributed by atoms with Gasteiger partial charge in [0.2, 0.25) is 0 Å². The number of unbranched alkanes of at least 4 members (excludes halogenated alkanes) is 10. The first kappa shape index (κ1) is 30.5. The number of ether oxygens (including phenoxy) is 4. The van der Waals surface area contributed by atoms with Crippen molar-refractivity contribution >= 4 is 22.7 Å². The van der Waals surface area contributed by atoms with Gasteiger partial charge in [-0.15, -0.1) is 22.7 Å². The van der Waals surface area contributed by atoms with E-state index >= 15 is 0 Å². The van der Waals surface area contributed by atoms with Gasteiger partial charge in [-0.25, -0.2) is 0 Å². The predicted octanol–water partition coefficient (Wildman–Crippen LogP) is 9.61. The molecular formula is C31H50O4S2. The molecule has 0 saturated heterocycles. The van der Waals surface area contributed by atoms with Crippen molar-refractivity contribution in [1.29, 1.82) is 0 Å². The van der Waals surface area contributed by atoms with Crippen molar-refractivity contribution < 1.29 is 18.9 Å². The van der Waals surface area contributed by atoms with Gasteiger partial charge in [-0.05, 0) is 38.8 Å². The molecule has 0 atom stereocenters. The molecule has 3 heterocycles. The van der Waals surface area contributed by atoms with Gasteiger partial charge in [-0.2, -0.15) is 0 Å². The maximum absolute atomic E-state index is 6.56. The van der Waals surface area contributed by atoms with Crippen LogP contribution in [0.2, 0.25) is 0 Å². The molecule has 3 rings (SSSR count). The summed E-state index contributed by atoms with van der Waals surface area (Å²) in [6.07, 6.45) is 15.3. The molecule has 2 aromatic heterocycles. The minimum atomic E-state index is -0.295. The zero-order valence-electron chi connectivity index (χ0n) is 23.8. The fraction of sp³-hybridized carbons (Fsp3) is 0.742. The van der Waals surface area contributed by atoms with Crippen molar-refractivity contribution in [3.8, 4) is 21.3 Å². The van der Waals surface area contributed by atoms with Crippen molar-refractivity contribution in [2.24, 2.45) is 5.41 Å². The molecule has 6 heteroatoms. The summed E-state index contributed by atoms with van der Waals surface area (Å²) in [5, 5.41) is 0. The van der Waals surface area contributed by atoms with Crippen molar-refractivity contribution in [2.75, 3.05) is 39.6 Å². The summed E-state index contributed by atoms with van der Waals surface area (Å²) >= 11 is 3.58. The van der Waals surface area contributed by atoms with Crippen LogP contribution in [0.3, 0.4) is 0 Å². The third-order valence-corrected chi connectivity index (χ3v) is 9.35. The van der Waals surface area contributed by atoms with E-state index < -0.39 is 0 Å². The highest BCUT2D eigenvalue weighted by Crippen LogP contribution is 2.51. The SMILES string of the molecule is CCCCCCCCOCC1(COCCCCCCCC)COc2c(C)sc(-c3ccc(C)s3)c2OC1. The highest BCUT2D eigenvalue weighted by atomic mass is 32.1. The molecule has 1 aliphatic rings. The Bertz CT molecular complexity index is 868. The van der Waals surface area contributed by atoms with Crippen molar-refractivity contribution in [3.05, 3.63) is 21.9 Å². The molecule has 4 nitrogen and oxygen atoms in total. The van der Waals surface area contributed by atoms with Crippen LogP contribution < -0.4 is 9.47 Å². The molecular weight excluding hydrogens is 500 g/mol. The highest BCUT2D eigenvalue weighted by Gasteiger charge is 2.38. The van der Waals surface area contributed by atoms with Crippen LogP contribution >= 0.6 is 22.7 Å². The largest absolute Gasteiger partial charge is 0.488 e. The lowest BCUT2D eigenvalue weighted by molar-refractivity contribution is -0.0605. The molecule has 0 N–H and O–H groups in total. The monoisotopic (exact) mass is 550 g/mol. The fourth-order valence-electron chi connectivity index (χ4n) is 4.77. The predicted molar refractivity (Wildman–Crippen MR) is 159 cm³/mol. The fourth-order valence-corrected chi connectivity index (χ4v) is 6.79. The first-order valence-electron chi connectivity index (χ1n) is 14.7. The number of fused-ring (bicyclic) bond motifs is 1. The van der Waals surface area contributed by atoms with Crippen LogP contribution in [-0.4, -0.2) is 39.6 Å². The lowest BCUT2D eigenvalue weighted by Crippen LogP contribution is -2.42. The first-order valence-corrected chi connectivity index (χ1v) is 16.3. The van der Waals surface area contributed by atoms with E-state index in [9.17, 15) is 0 Å². The number of hydrogen-bond acceptors (Lipinski definition) is 6. The van der Waals surface area contributed by atoms with E-state index in [1.165, 1.54) is 83.7 Å². The number of thiophene rings is 2. The van der Waals surface area contributed by atoms with Crippen molar-refractivity contribution in [3.63, 3.8) is 0 Å². The van der Waals surface area contributed by atoms with E-state index in [1.807, 2.05) is 11.3 Å². The van der Waals surface area contributed by atoms with Crippen LogP contribution in [-0.2, 0) is 9.47 Å². The third-order valence-electron chi connectivity index (χ3n) is 7.10. The van der Waals surface area contributed by atoms with Gasteiger partial charge in [-0.1, -0.05) is 78.1 Å². The Balaban J connectivity index is 1.57. The van der Waals surface area contributed by atoms with Gasteiger partial charge >= 0.3 is 0 Å². The quantitative estimate of drug-likeness (QED) is 0.163. The Morgan fingerprint density at radius 1 is 0.703 bits per heavy atom. The Hall–Kier alpha value is -1.08. The zero-order chi connectivity index (χ0) is 26.3. The molecule has 0 spiro atoms. The molecule has 2 aromatic rings. The smallest absolute Gasteiger partial charge is 0.180 e. The molecule has 0 amide bonds. The lowest BCUT2D eigenvalue weighted by Gasteiger charge is -2.30. The van der Waals surface area contributed by atoms with Gasteiger partial charge in [-0.3, -0.25) is 0 Å². The maximum atomic E-state index is 6.56. The second-order valence-corrected chi connectivity index (χ2v) is 13.3. The Labute approximate surface area is 234 Å². The molecule has 0 saturated carbocycles. The second-order valence-electron chi connectivity index (χ2n) is 10.8. The van der Waals surface area contributed by atoms with E-state index in [1.54, 1.807) is 11.3 Å². The Morgan fingerprint density at radius 3 is 1.78 bits per heavy atom. The molecule has 210 valence electrons. The number of rotatable bonds is 19. The summed E-state index contributed by atoms with van der Waals surface area (Å²) in [6.45, 7) is 12.7. The van der Waals surface area contributed by atoms with Gasteiger partial charge < -0.3 is 18.9 Å². The Kier molecular flexibility index (Phi) is 13.8. The van der Waals surface area contributed by atoms with Crippen molar-refractivity contribution in [2.45, 2.75) is 105 Å². The van der Waals surface area contributed by atoms with Gasteiger partial charge in [0.05, 0.1) is 23.5 Å². The zero-order valence-corrected chi connectivity index (χ0v) is 25.5. The first-order chi connectivity index (χ1) is 18.1. The summed E-state index contributed by atoms with van der Waals surface area (Å²) in [5.41, 5.74) is -0.295. The highest BCUT2D eigenvalue weighted by molar-refractivity contribution is 7.22. The molecule has 0 bridgehead atoms.